The van der Waals surface area contributed by atoms with E-state index in [1.807, 2.05) is 0 Å². The molecule has 0 fully saturated rings. The van der Waals surface area contributed by atoms with E-state index in [1.165, 1.54) is 0 Å². The summed E-state index contributed by atoms with van der Waals surface area (Å²) in [5.74, 6) is -6.40. The van der Waals surface area contributed by atoms with Crippen LogP contribution in [0.5, 0.6) is 0 Å². The second-order valence-electron chi connectivity index (χ2n) is 9.37. The zero-order valence-electron chi connectivity index (χ0n) is 22.2. The van der Waals surface area contributed by atoms with Crippen LogP contribution in [0.4, 0.5) is 0 Å². The number of carbonyl (C=O) groups is 6. The lowest BCUT2D eigenvalue weighted by Gasteiger charge is -2.25. The quantitative estimate of drug-likeness (QED) is 0.135. The molecule has 0 unspecified atom stereocenters. The van der Waals surface area contributed by atoms with Crippen molar-refractivity contribution in [2.24, 2.45) is 5.73 Å². The van der Waals surface area contributed by atoms with Crippen LogP contribution in [0, 0.1) is 0 Å². The van der Waals surface area contributed by atoms with Crippen molar-refractivity contribution in [1.82, 2.24) is 16.0 Å². The third-order valence-electron chi connectivity index (χ3n) is 6.09. The number of carboxylic acid groups (broad SMARTS) is 3. The van der Waals surface area contributed by atoms with Crippen LogP contribution in [-0.4, -0.2) is 75.1 Å². The van der Waals surface area contributed by atoms with Crippen LogP contribution >= 0.6 is 0 Å². The van der Waals surface area contributed by atoms with Gasteiger partial charge in [0.25, 0.3) is 0 Å². The van der Waals surface area contributed by atoms with Crippen molar-refractivity contribution in [1.29, 1.82) is 0 Å². The number of nitrogens with two attached hydrogens (primary N) is 1. The lowest BCUT2D eigenvalue weighted by atomic mass is 10.0. The number of benzene rings is 2. The van der Waals surface area contributed by atoms with Crippen LogP contribution in [0.3, 0.4) is 0 Å². The average molecular weight is 571 g/mol. The number of carbonyl (C=O) groups excluding carboxylic acids is 3. The molecule has 0 aliphatic rings. The zero-order chi connectivity index (χ0) is 30.4. The van der Waals surface area contributed by atoms with Gasteiger partial charge in [0.1, 0.15) is 18.1 Å². The van der Waals surface area contributed by atoms with Gasteiger partial charge in [0.05, 0.1) is 6.04 Å². The summed E-state index contributed by atoms with van der Waals surface area (Å²) in [5, 5.41) is 34.7. The van der Waals surface area contributed by atoms with Crippen molar-refractivity contribution >= 4 is 35.6 Å². The Hall–Kier alpha value is -4.78. The topological polar surface area (TPSA) is 225 Å². The summed E-state index contributed by atoms with van der Waals surface area (Å²) in [5.41, 5.74) is 7.40. The summed E-state index contributed by atoms with van der Waals surface area (Å²) in [6, 6.07) is 12.1. The first-order valence-corrected chi connectivity index (χ1v) is 12.9. The largest absolute Gasteiger partial charge is 0.481 e. The summed E-state index contributed by atoms with van der Waals surface area (Å²) in [6.07, 6.45) is -1.60. The molecule has 3 amide bonds. The Kier molecular flexibility index (Phi) is 12.9. The predicted molar refractivity (Wildman–Crippen MR) is 145 cm³/mol. The molecule has 13 heteroatoms. The second kappa shape index (κ2) is 16.4. The standard InChI is InChI=1S/C28H34N4O9/c29-19(15-17-7-3-1-4-8-17)25(37)30-20(11-13-23(33)34)26(38)32-22(16-18-9-5-2-6-10-18)27(39)31-21(28(40)41)12-14-24(35)36/h1-10,19-22H,11-16,29H2,(H,30,37)(H,31,39)(H,32,38)(H,33,34)(H,35,36)(H,40,41)/t19-,20-,21-,22-/m0/s1. The highest BCUT2D eigenvalue weighted by atomic mass is 16.4. The van der Waals surface area contributed by atoms with Crippen molar-refractivity contribution in [2.45, 2.75) is 62.7 Å². The van der Waals surface area contributed by atoms with E-state index in [0.717, 1.165) is 5.56 Å². The Morgan fingerprint density at radius 2 is 1.00 bits per heavy atom. The van der Waals surface area contributed by atoms with E-state index in [-0.39, 0.29) is 25.7 Å². The number of hydrogen-bond acceptors (Lipinski definition) is 7. The molecule has 2 rings (SSSR count). The van der Waals surface area contributed by atoms with E-state index in [4.69, 9.17) is 15.9 Å². The smallest absolute Gasteiger partial charge is 0.326 e. The van der Waals surface area contributed by atoms with Crippen LogP contribution in [0.2, 0.25) is 0 Å². The molecule has 0 aliphatic carbocycles. The zero-order valence-corrected chi connectivity index (χ0v) is 22.2. The third-order valence-corrected chi connectivity index (χ3v) is 6.09. The summed E-state index contributed by atoms with van der Waals surface area (Å²) >= 11 is 0. The minimum absolute atomic E-state index is 0.0726. The van der Waals surface area contributed by atoms with E-state index in [1.54, 1.807) is 60.7 Å². The number of aliphatic carboxylic acids is 3. The Bertz CT molecular complexity index is 1210. The minimum Gasteiger partial charge on any atom is -0.481 e. The molecule has 0 saturated carbocycles. The molecule has 0 heterocycles. The van der Waals surface area contributed by atoms with Gasteiger partial charge in [-0.1, -0.05) is 60.7 Å². The van der Waals surface area contributed by atoms with Gasteiger partial charge in [-0.15, -0.1) is 0 Å². The Morgan fingerprint density at radius 3 is 1.49 bits per heavy atom. The third kappa shape index (κ3) is 11.9. The van der Waals surface area contributed by atoms with E-state index in [9.17, 15) is 33.9 Å². The van der Waals surface area contributed by atoms with Crippen molar-refractivity contribution < 1.29 is 44.1 Å². The summed E-state index contributed by atoms with van der Waals surface area (Å²) in [6.45, 7) is 0. The molecule has 0 bridgehead atoms. The number of nitrogens with one attached hydrogen (secondary N) is 3. The van der Waals surface area contributed by atoms with E-state index >= 15 is 0 Å². The fourth-order valence-electron chi connectivity index (χ4n) is 3.91. The maximum Gasteiger partial charge on any atom is 0.326 e. The van der Waals surface area contributed by atoms with Crippen LogP contribution < -0.4 is 21.7 Å². The van der Waals surface area contributed by atoms with Crippen molar-refractivity contribution in [3.8, 4) is 0 Å². The predicted octanol–water partition coefficient (Wildman–Crippen LogP) is 0.0677. The maximum atomic E-state index is 13.3. The molecular formula is C28H34N4O9. The Balaban J connectivity index is 2.22. The van der Waals surface area contributed by atoms with Crippen LogP contribution in [0.15, 0.2) is 60.7 Å². The molecule has 13 nitrogen and oxygen atoms in total. The molecule has 220 valence electrons. The van der Waals surface area contributed by atoms with E-state index < -0.39 is 72.6 Å². The van der Waals surface area contributed by atoms with Crippen LogP contribution in [0.1, 0.15) is 36.8 Å². The van der Waals surface area contributed by atoms with Gasteiger partial charge in [-0.05, 0) is 30.4 Å². The van der Waals surface area contributed by atoms with Gasteiger partial charge in [0.2, 0.25) is 17.7 Å². The summed E-state index contributed by atoms with van der Waals surface area (Å²) < 4.78 is 0. The summed E-state index contributed by atoms with van der Waals surface area (Å²) in [4.78, 5) is 73.0. The SMILES string of the molecule is N[C@@H](Cc1ccccc1)C(=O)N[C@@H](CCC(=O)O)C(=O)N[C@@H](Cc1ccccc1)C(=O)N[C@@H](CCC(=O)O)C(=O)O. The number of amides is 3. The van der Waals surface area contributed by atoms with E-state index in [0.29, 0.717) is 5.56 Å². The maximum absolute atomic E-state index is 13.3. The normalized spacial score (nSPS) is 13.6. The molecule has 0 aliphatic heterocycles. The van der Waals surface area contributed by atoms with Crippen LogP contribution in [-0.2, 0) is 41.6 Å². The lowest BCUT2D eigenvalue weighted by molar-refractivity contribution is -0.143. The van der Waals surface area contributed by atoms with Gasteiger partial charge in [0.15, 0.2) is 0 Å². The minimum atomic E-state index is -1.53. The lowest BCUT2D eigenvalue weighted by Crippen LogP contribution is -2.57. The fourth-order valence-corrected chi connectivity index (χ4v) is 3.91. The van der Waals surface area contributed by atoms with Gasteiger partial charge in [-0.2, -0.15) is 0 Å². The Morgan fingerprint density at radius 1 is 0.585 bits per heavy atom. The van der Waals surface area contributed by atoms with Gasteiger partial charge in [-0.25, -0.2) is 4.79 Å². The molecule has 0 aromatic heterocycles. The highest BCUT2D eigenvalue weighted by Crippen LogP contribution is 2.08. The van der Waals surface area contributed by atoms with Gasteiger partial charge in [0, 0.05) is 19.3 Å². The van der Waals surface area contributed by atoms with E-state index in [2.05, 4.69) is 16.0 Å². The van der Waals surface area contributed by atoms with Crippen molar-refractivity contribution in [3.05, 3.63) is 71.8 Å². The second-order valence-corrected chi connectivity index (χ2v) is 9.37. The first-order valence-electron chi connectivity index (χ1n) is 12.9. The first-order chi connectivity index (χ1) is 19.5. The molecule has 2 aromatic rings. The fraction of sp³-hybridized carbons (Fsp3) is 0.357. The van der Waals surface area contributed by atoms with Crippen molar-refractivity contribution in [3.63, 3.8) is 0 Å². The molecule has 8 N–H and O–H groups in total. The average Bonchev–Trinajstić information content (AvgIpc) is 2.93. The first kappa shape index (κ1) is 32.4. The van der Waals surface area contributed by atoms with Crippen LogP contribution in [0.25, 0.3) is 0 Å². The highest BCUT2D eigenvalue weighted by molar-refractivity contribution is 5.94. The Labute approximate surface area is 236 Å². The molecule has 41 heavy (non-hydrogen) atoms. The summed E-state index contributed by atoms with van der Waals surface area (Å²) in [7, 11) is 0. The van der Waals surface area contributed by atoms with Crippen molar-refractivity contribution in [2.75, 3.05) is 0 Å². The highest BCUT2D eigenvalue weighted by Gasteiger charge is 2.31. The monoisotopic (exact) mass is 570 g/mol. The van der Waals surface area contributed by atoms with Gasteiger partial charge >= 0.3 is 17.9 Å². The molecule has 2 aromatic carbocycles. The molecular weight excluding hydrogens is 536 g/mol. The number of rotatable bonds is 17. The molecule has 0 saturated heterocycles. The van der Waals surface area contributed by atoms with Gasteiger partial charge < -0.3 is 37.0 Å². The number of carboxylic acids is 3. The van der Waals surface area contributed by atoms with Gasteiger partial charge in [-0.3, -0.25) is 24.0 Å². The molecule has 4 atom stereocenters. The molecule has 0 spiro atoms. The molecule has 0 radical (unpaired) electrons. The number of hydrogen-bond donors (Lipinski definition) is 7.